The summed E-state index contributed by atoms with van der Waals surface area (Å²) in [7, 11) is 0. The Balaban J connectivity index is 2.02. The minimum absolute atomic E-state index is 0.267. The van der Waals surface area contributed by atoms with Crippen LogP contribution in [0.2, 0.25) is 0 Å². The molecule has 0 saturated heterocycles. The third-order valence-electron chi connectivity index (χ3n) is 5.00. The molecule has 0 fully saturated rings. The van der Waals surface area contributed by atoms with Crippen LogP contribution < -0.4 is 0 Å². The number of allylic oxidation sites excluding steroid dienone is 1. The molecule has 0 amide bonds. The van der Waals surface area contributed by atoms with Gasteiger partial charge in [0.2, 0.25) is 0 Å². The molecule has 0 saturated carbocycles. The maximum atomic E-state index is 2.40. The van der Waals surface area contributed by atoms with Crippen LogP contribution in [0, 0.1) is 0 Å². The molecule has 0 aliphatic heterocycles. The molecule has 0 heterocycles. The van der Waals surface area contributed by atoms with Crippen molar-refractivity contribution >= 4 is 11.6 Å². The van der Waals surface area contributed by atoms with Gasteiger partial charge in [-0.25, -0.2) is 0 Å². The van der Waals surface area contributed by atoms with Gasteiger partial charge in [0.15, 0.2) is 0 Å². The molecular formula is C22H26. The first kappa shape index (κ1) is 15.1. The van der Waals surface area contributed by atoms with Gasteiger partial charge in [-0.15, -0.1) is 0 Å². The Hall–Kier alpha value is -1.82. The summed E-state index contributed by atoms with van der Waals surface area (Å²) >= 11 is 0. The lowest BCUT2D eigenvalue weighted by molar-refractivity contribution is 0.403. The number of rotatable bonds is 2. The molecule has 0 spiro atoms. The normalized spacial score (nSPS) is 19.0. The van der Waals surface area contributed by atoms with Crippen LogP contribution in [0.5, 0.6) is 0 Å². The van der Waals surface area contributed by atoms with Gasteiger partial charge in [-0.1, -0.05) is 82.3 Å². The zero-order valence-electron chi connectivity index (χ0n) is 14.4. The van der Waals surface area contributed by atoms with Gasteiger partial charge in [-0.2, -0.15) is 0 Å². The highest BCUT2D eigenvalue weighted by Gasteiger charge is 2.41. The van der Waals surface area contributed by atoms with Crippen molar-refractivity contribution in [2.24, 2.45) is 0 Å². The molecule has 0 heteroatoms. The second-order valence-electron chi connectivity index (χ2n) is 7.94. The van der Waals surface area contributed by atoms with Crippen LogP contribution in [0.3, 0.4) is 0 Å². The molecule has 1 aliphatic rings. The summed E-state index contributed by atoms with van der Waals surface area (Å²) in [5.74, 6) is 0. The number of fused-ring (bicyclic) bond motifs is 1. The van der Waals surface area contributed by atoms with E-state index in [0.717, 1.165) is 0 Å². The van der Waals surface area contributed by atoms with E-state index in [0.29, 0.717) is 0 Å². The predicted octanol–water partition coefficient (Wildman–Crippen LogP) is 6.21. The van der Waals surface area contributed by atoms with Crippen molar-refractivity contribution in [2.45, 2.75) is 51.9 Å². The molecule has 0 unspecified atom stereocenters. The Morgan fingerprint density at radius 3 is 2.18 bits per heavy atom. The lowest BCUT2D eigenvalue weighted by Gasteiger charge is -2.22. The van der Waals surface area contributed by atoms with Crippen LogP contribution in [0.15, 0.2) is 48.5 Å². The standard InChI is InChI=1S/C22H26/c1-16(18-9-7-6-8-10-18)13-17-11-12-19-20(14-17)22(4,5)15-21(19,2)3/h6-14H,15H2,1-5H3. The van der Waals surface area contributed by atoms with Gasteiger partial charge in [-0.3, -0.25) is 0 Å². The number of hydrogen-bond donors (Lipinski definition) is 0. The summed E-state index contributed by atoms with van der Waals surface area (Å²) in [5, 5.41) is 0. The molecule has 0 aromatic heterocycles. The van der Waals surface area contributed by atoms with Gasteiger partial charge >= 0.3 is 0 Å². The smallest absolute Gasteiger partial charge is 0.00921 e. The van der Waals surface area contributed by atoms with Gasteiger partial charge < -0.3 is 0 Å². The van der Waals surface area contributed by atoms with E-state index in [-0.39, 0.29) is 10.8 Å². The van der Waals surface area contributed by atoms with Crippen molar-refractivity contribution in [3.63, 3.8) is 0 Å². The number of benzene rings is 2. The molecule has 0 nitrogen and oxygen atoms in total. The van der Waals surface area contributed by atoms with E-state index in [1.54, 1.807) is 0 Å². The molecule has 3 rings (SSSR count). The van der Waals surface area contributed by atoms with Gasteiger partial charge in [-0.05, 0) is 52.0 Å². The van der Waals surface area contributed by atoms with Gasteiger partial charge in [0, 0.05) is 0 Å². The summed E-state index contributed by atoms with van der Waals surface area (Å²) in [4.78, 5) is 0. The minimum atomic E-state index is 0.267. The average molecular weight is 290 g/mol. The van der Waals surface area contributed by atoms with Crippen molar-refractivity contribution < 1.29 is 0 Å². The maximum Gasteiger partial charge on any atom is -0.00921 e. The highest BCUT2D eigenvalue weighted by molar-refractivity contribution is 5.80. The first-order valence-electron chi connectivity index (χ1n) is 8.18. The van der Waals surface area contributed by atoms with E-state index in [1.807, 2.05) is 0 Å². The van der Waals surface area contributed by atoms with Crippen LogP contribution in [0.4, 0.5) is 0 Å². The summed E-state index contributed by atoms with van der Waals surface area (Å²) in [6.45, 7) is 11.7. The van der Waals surface area contributed by atoms with E-state index in [1.165, 1.54) is 34.2 Å². The zero-order chi connectivity index (χ0) is 16.0. The third-order valence-corrected chi connectivity index (χ3v) is 5.00. The average Bonchev–Trinajstić information content (AvgIpc) is 2.65. The molecule has 0 N–H and O–H groups in total. The van der Waals surface area contributed by atoms with Gasteiger partial charge in [0.05, 0.1) is 0 Å². The molecule has 0 atom stereocenters. The Kier molecular flexibility index (Phi) is 3.51. The van der Waals surface area contributed by atoms with Crippen molar-refractivity contribution in [3.8, 4) is 0 Å². The second-order valence-corrected chi connectivity index (χ2v) is 7.94. The summed E-state index contributed by atoms with van der Waals surface area (Å²) < 4.78 is 0. The molecule has 0 radical (unpaired) electrons. The lowest BCUT2D eigenvalue weighted by atomic mass is 9.82. The van der Waals surface area contributed by atoms with Crippen LogP contribution in [-0.2, 0) is 10.8 Å². The second kappa shape index (κ2) is 5.12. The van der Waals surface area contributed by atoms with Crippen molar-refractivity contribution in [1.82, 2.24) is 0 Å². The molecule has 2 aromatic rings. The SMILES string of the molecule is CC(=Cc1ccc2c(c1)C(C)(C)CC2(C)C)c1ccccc1. The van der Waals surface area contributed by atoms with E-state index >= 15 is 0 Å². The third kappa shape index (κ3) is 2.63. The fourth-order valence-electron chi connectivity index (χ4n) is 4.13. The number of hydrogen-bond acceptors (Lipinski definition) is 0. The fourth-order valence-corrected chi connectivity index (χ4v) is 4.13. The Morgan fingerprint density at radius 1 is 0.864 bits per heavy atom. The topological polar surface area (TPSA) is 0 Å². The van der Waals surface area contributed by atoms with E-state index in [9.17, 15) is 0 Å². The maximum absolute atomic E-state index is 2.40. The highest BCUT2D eigenvalue weighted by Crippen LogP contribution is 2.49. The Morgan fingerprint density at radius 2 is 1.50 bits per heavy atom. The van der Waals surface area contributed by atoms with E-state index in [4.69, 9.17) is 0 Å². The monoisotopic (exact) mass is 290 g/mol. The quantitative estimate of drug-likeness (QED) is 0.577. The lowest BCUT2D eigenvalue weighted by Crippen LogP contribution is -2.17. The molecule has 0 bridgehead atoms. The molecule has 2 aromatic carbocycles. The first-order chi connectivity index (χ1) is 10.3. The fraction of sp³-hybridized carbons (Fsp3) is 0.364. The molecular weight excluding hydrogens is 264 g/mol. The highest BCUT2D eigenvalue weighted by atomic mass is 14.5. The Labute approximate surface area is 134 Å². The molecule has 22 heavy (non-hydrogen) atoms. The molecule has 1 aliphatic carbocycles. The van der Waals surface area contributed by atoms with Crippen molar-refractivity contribution in [2.75, 3.05) is 0 Å². The van der Waals surface area contributed by atoms with Crippen molar-refractivity contribution in [1.29, 1.82) is 0 Å². The summed E-state index contributed by atoms with van der Waals surface area (Å²) in [6, 6.07) is 17.6. The minimum Gasteiger partial charge on any atom is -0.0622 e. The van der Waals surface area contributed by atoms with Crippen molar-refractivity contribution in [3.05, 3.63) is 70.8 Å². The van der Waals surface area contributed by atoms with E-state index < -0.39 is 0 Å². The largest absolute Gasteiger partial charge is 0.0622 e. The van der Waals surface area contributed by atoms with Crippen LogP contribution >= 0.6 is 0 Å². The van der Waals surface area contributed by atoms with Crippen LogP contribution in [0.25, 0.3) is 11.6 Å². The zero-order valence-corrected chi connectivity index (χ0v) is 14.4. The predicted molar refractivity (Wildman–Crippen MR) is 97.1 cm³/mol. The van der Waals surface area contributed by atoms with Crippen LogP contribution in [0.1, 0.15) is 63.3 Å². The summed E-state index contributed by atoms with van der Waals surface area (Å²) in [6.07, 6.45) is 3.52. The molecule has 114 valence electrons. The summed E-state index contributed by atoms with van der Waals surface area (Å²) in [5.41, 5.74) is 7.52. The Bertz CT molecular complexity index is 715. The van der Waals surface area contributed by atoms with Crippen LogP contribution in [-0.4, -0.2) is 0 Å². The van der Waals surface area contributed by atoms with Gasteiger partial charge in [0.1, 0.15) is 0 Å². The van der Waals surface area contributed by atoms with E-state index in [2.05, 4.69) is 89.2 Å². The first-order valence-corrected chi connectivity index (χ1v) is 8.18. The van der Waals surface area contributed by atoms with Gasteiger partial charge in [0.25, 0.3) is 0 Å².